The van der Waals surface area contributed by atoms with Gasteiger partial charge in [-0.3, -0.25) is 19.3 Å². The number of carbonyl (C=O) groups excluding carboxylic acids is 3. The molecule has 7 nitrogen and oxygen atoms in total. The van der Waals surface area contributed by atoms with Gasteiger partial charge in [-0.15, -0.1) is 0 Å². The Bertz CT molecular complexity index is 684. The molecule has 0 fully saturated rings. The number of amides is 3. The molecule has 1 aromatic rings. The number of β-amino-alcohol motifs (C(OH)–C–C–N with tert-alkyl or cyclic N) is 1. The summed E-state index contributed by atoms with van der Waals surface area (Å²) in [6.07, 6.45) is 1.90. The average molecular weight is 331 g/mol. The molecule has 0 radical (unpaired) electrons. The molecule has 3 amide bonds. The lowest BCUT2D eigenvalue weighted by Crippen LogP contribution is -2.34. The fraction of sp³-hybridized carbons (Fsp3) is 0.353. The first-order valence-electron chi connectivity index (χ1n) is 7.83. The highest BCUT2D eigenvalue weighted by Crippen LogP contribution is 2.25. The second-order valence-corrected chi connectivity index (χ2v) is 5.55. The van der Waals surface area contributed by atoms with E-state index in [0.29, 0.717) is 11.4 Å². The van der Waals surface area contributed by atoms with Crippen LogP contribution >= 0.6 is 0 Å². The molecule has 128 valence electrons. The summed E-state index contributed by atoms with van der Waals surface area (Å²) in [5.74, 6) is -1.22. The van der Waals surface area contributed by atoms with Crippen LogP contribution in [0.25, 0.3) is 0 Å². The van der Waals surface area contributed by atoms with Crippen molar-refractivity contribution in [2.45, 2.75) is 20.3 Å². The van der Waals surface area contributed by atoms with Crippen molar-refractivity contribution in [1.29, 1.82) is 0 Å². The van der Waals surface area contributed by atoms with Gasteiger partial charge in [0.1, 0.15) is 5.70 Å². The maximum Gasteiger partial charge on any atom is 0.277 e. The minimum atomic E-state index is -0.503. The number of aliphatic hydroxyl groups is 1. The molecule has 0 aromatic heterocycles. The summed E-state index contributed by atoms with van der Waals surface area (Å²) >= 11 is 0. The second kappa shape index (κ2) is 7.74. The highest BCUT2D eigenvalue weighted by molar-refractivity contribution is 6.17. The molecule has 1 aliphatic rings. The minimum absolute atomic E-state index is 0.0499. The minimum Gasteiger partial charge on any atom is -0.395 e. The first-order valence-corrected chi connectivity index (χ1v) is 7.83. The highest BCUT2D eigenvalue weighted by atomic mass is 16.3. The summed E-state index contributed by atoms with van der Waals surface area (Å²) in [6, 6.07) is 6.95. The average Bonchev–Trinajstić information content (AvgIpc) is 2.83. The lowest BCUT2D eigenvalue weighted by atomic mass is 10.1. The molecule has 1 heterocycles. The Hall–Kier alpha value is -2.67. The molecular formula is C17H21N3O4. The van der Waals surface area contributed by atoms with Crippen molar-refractivity contribution < 1.29 is 19.5 Å². The zero-order valence-corrected chi connectivity index (χ0v) is 13.7. The van der Waals surface area contributed by atoms with Crippen LogP contribution in [0.1, 0.15) is 20.3 Å². The van der Waals surface area contributed by atoms with E-state index in [1.54, 1.807) is 24.3 Å². The van der Waals surface area contributed by atoms with E-state index in [0.717, 1.165) is 11.3 Å². The maximum atomic E-state index is 12.2. The molecule has 24 heavy (non-hydrogen) atoms. The van der Waals surface area contributed by atoms with Crippen molar-refractivity contribution in [1.82, 2.24) is 4.90 Å². The van der Waals surface area contributed by atoms with E-state index in [-0.39, 0.29) is 30.7 Å². The van der Waals surface area contributed by atoms with Crippen molar-refractivity contribution in [3.63, 3.8) is 0 Å². The molecule has 3 N–H and O–H groups in total. The lowest BCUT2D eigenvalue weighted by molar-refractivity contribution is -0.137. The molecule has 7 heteroatoms. The topological polar surface area (TPSA) is 98.7 Å². The van der Waals surface area contributed by atoms with Crippen LogP contribution in [0.5, 0.6) is 0 Å². The van der Waals surface area contributed by atoms with Gasteiger partial charge < -0.3 is 15.7 Å². The summed E-state index contributed by atoms with van der Waals surface area (Å²) in [5, 5.41) is 14.6. The van der Waals surface area contributed by atoms with Gasteiger partial charge >= 0.3 is 0 Å². The monoisotopic (exact) mass is 331 g/mol. The van der Waals surface area contributed by atoms with Gasteiger partial charge in [-0.2, -0.15) is 0 Å². The molecule has 0 saturated heterocycles. The van der Waals surface area contributed by atoms with E-state index in [2.05, 4.69) is 10.6 Å². The Kier molecular flexibility index (Phi) is 5.70. The number of rotatable bonds is 7. The van der Waals surface area contributed by atoms with Crippen molar-refractivity contribution in [2.24, 2.45) is 5.92 Å². The fourth-order valence-electron chi connectivity index (χ4n) is 2.20. The second-order valence-electron chi connectivity index (χ2n) is 5.55. The predicted molar refractivity (Wildman–Crippen MR) is 90.0 cm³/mol. The Morgan fingerprint density at radius 2 is 1.92 bits per heavy atom. The molecular weight excluding hydrogens is 310 g/mol. The number of nitrogens with zero attached hydrogens (tertiary/aromatic N) is 1. The summed E-state index contributed by atoms with van der Waals surface area (Å²) in [7, 11) is 0. The van der Waals surface area contributed by atoms with Crippen LogP contribution in [-0.2, 0) is 14.4 Å². The number of imide groups is 1. The van der Waals surface area contributed by atoms with Gasteiger partial charge in [0.15, 0.2) is 0 Å². The number of benzene rings is 1. The Morgan fingerprint density at radius 3 is 2.54 bits per heavy atom. The van der Waals surface area contributed by atoms with Crippen molar-refractivity contribution in [3.8, 4) is 0 Å². The number of hydrogen-bond donors (Lipinski definition) is 3. The van der Waals surface area contributed by atoms with Crippen LogP contribution in [0.3, 0.4) is 0 Å². The normalized spacial score (nSPS) is 15.3. The Balaban J connectivity index is 2.17. The van der Waals surface area contributed by atoms with Gasteiger partial charge in [-0.25, -0.2) is 0 Å². The van der Waals surface area contributed by atoms with Crippen LogP contribution in [0, 0.1) is 5.92 Å². The molecule has 0 bridgehead atoms. The standard InChI is InChI=1S/C17H21N3O4/c1-3-11(2)16(23)19-13-7-5-4-6-12(13)18-14-10-15(22)20(8-9-21)17(14)24/h4-7,10-11,18,21H,3,8-9H2,1-2H3,(H,19,23). The molecule has 1 aliphatic heterocycles. The number of para-hydroxylation sites is 2. The number of nitrogens with one attached hydrogen (secondary N) is 2. The van der Waals surface area contributed by atoms with Gasteiger partial charge in [0, 0.05) is 12.0 Å². The number of aliphatic hydroxyl groups excluding tert-OH is 1. The van der Waals surface area contributed by atoms with Gasteiger partial charge in [0.25, 0.3) is 11.8 Å². The summed E-state index contributed by atoms with van der Waals surface area (Å²) in [5.41, 5.74) is 1.16. The number of hydrogen-bond acceptors (Lipinski definition) is 5. The van der Waals surface area contributed by atoms with E-state index in [4.69, 9.17) is 5.11 Å². The molecule has 1 atom stereocenters. The third-order valence-electron chi connectivity index (χ3n) is 3.85. The van der Waals surface area contributed by atoms with E-state index < -0.39 is 11.8 Å². The largest absolute Gasteiger partial charge is 0.395 e. The van der Waals surface area contributed by atoms with Gasteiger partial charge in [0.05, 0.1) is 24.5 Å². The van der Waals surface area contributed by atoms with Crippen molar-refractivity contribution >= 4 is 29.1 Å². The predicted octanol–water partition coefficient (Wildman–Crippen LogP) is 1.33. The van der Waals surface area contributed by atoms with Crippen LogP contribution in [0.2, 0.25) is 0 Å². The molecule has 0 aliphatic carbocycles. The third-order valence-corrected chi connectivity index (χ3v) is 3.85. The molecule has 1 aromatic carbocycles. The van der Waals surface area contributed by atoms with Gasteiger partial charge in [-0.1, -0.05) is 26.0 Å². The van der Waals surface area contributed by atoms with Crippen molar-refractivity contribution in [2.75, 3.05) is 23.8 Å². The molecule has 2 rings (SSSR count). The summed E-state index contributed by atoms with van der Waals surface area (Å²) in [6.45, 7) is 3.42. The first kappa shape index (κ1) is 17.7. The van der Waals surface area contributed by atoms with Crippen LogP contribution < -0.4 is 10.6 Å². The van der Waals surface area contributed by atoms with E-state index in [1.807, 2.05) is 13.8 Å². The van der Waals surface area contributed by atoms with Gasteiger partial charge in [0.2, 0.25) is 5.91 Å². The third kappa shape index (κ3) is 3.80. The molecule has 0 spiro atoms. The maximum absolute atomic E-state index is 12.2. The lowest BCUT2D eigenvalue weighted by Gasteiger charge is -2.16. The Morgan fingerprint density at radius 1 is 1.25 bits per heavy atom. The Labute approximate surface area is 140 Å². The van der Waals surface area contributed by atoms with Crippen LogP contribution in [0.15, 0.2) is 36.0 Å². The first-order chi connectivity index (χ1) is 11.5. The van der Waals surface area contributed by atoms with E-state index in [9.17, 15) is 14.4 Å². The summed E-state index contributed by atoms with van der Waals surface area (Å²) in [4.78, 5) is 37.0. The summed E-state index contributed by atoms with van der Waals surface area (Å²) < 4.78 is 0. The fourth-order valence-corrected chi connectivity index (χ4v) is 2.20. The van der Waals surface area contributed by atoms with Crippen LogP contribution in [-0.4, -0.2) is 40.9 Å². The SMILES string of the molecule is CCC(C)C(=O)Nc1ccccc1NC1=CC(=O)N(CCO)C1=O. The van der Waals surface area contributed by atoms with E-state index in [1.165, 1.54) is 6.08 Å². The molecule has 1 unspecified atom stereocenters. The number of carbonyl (C=O) groups is 3. The van der Waals surface area contributed by atoms with Crippen molar-refractivity contribution in [3.05, 3.63) is 36.0 Å². The highest BCUT2D eigenvalue weighted by Gasteiger charge is 2.31. The zero-order valence-electron chi connectivity index (χ0n) is 13.7. The van der Waals surface area contributed by atoms with Gasteiger partial charge in [-0.05, 0) is 18.6 Å². The van der Waals surface area contributed by atoms with E-state index >= 15 is 0 Å². The number of anilines is 2. The smallest absolute Gasteiger partial charge is 0.277 e. The quantitative estimate of drug-likeness (QED) is 0.655. The molecule has 0 saturated carbocycles. The zero-order chi connectivity index (χ0) is 17.7. The van der Waals surface area contributed by atoms with Crippen LogP contribution in [0.4, 0.5) is 11.4 Å².